The summed E-state index contributed by atoms with van der Waals surface area (Å²) < 4.78 is 16.6. The van der Waals surface area contributed by atoms with E-state index in [1.54, 1.807) is 7.11 Å². The van der Waals surface area contributed by atoms with Crippen LogP contribution in [-0.2, 0) is 14.3 Å². The number of methoxy groups -OCH3 is 1. The van der Waals surface area contributed by atoms with Gasteiger partial charge in [-0.15, -0.1) is 0 Å². The zero-order valence-electron chi connectivity index (χ0n) is 15.5. The van der Waals surface area contributed by atoms with Gasteiger partial charge in [-0.3, -0.25) is 4.79 Å². The van der Waals surface area contributed by atoms with Crippen LogP contribution in [0.15, 0.2) is 24.3 Å². The molecule has 0 unspecified atom stereocenters. The molecule has 25 heavy (non-hydrogen) atoms. The second-order valence-corrected chi connectivity index (χ2v) is 6.58. The minimum Gasteiger partial charge on any atom is -0.491 e. The van der Waals surface area contributed by atoms with Gasteiger partial charge in [-0.25, -0.2) is 0 Å². The van der Waals surface area contributed by atoms with E-state index in [4.69, 9.17) is 14.2 Å². The fourth-order valence-electron chi connectivity index (χ4n) is 3.16. The van der Waals surface area contributed by atoms with Crippen molar-refractivity contribution < 1.29 is 19.0 Å². The van der Waals surface area contributed by atoms with Crippen molar-refractivity contribution >= 4 is 11.6 Å². The van der Waals surface area contributed by atoms with Crippen molar-refractivity contribution in [3.63, 3.8) is 0 Å². The lowest BCUT2D eigenvalue weighted by Gasteiger charge is -2.31. The van der Waals surface area contributed by atoms with Gasteiger partial charge in [-0.05, 0) is 43.5 Å². The van der Waals surface area contributed by atoms with Crippen LogP contribution in [0, 0.1) is 0 Å². The summed E-state index contributed by atoms with van der Waals surface area (Å²) in [5, 5.41) is 3.04. The van der Waals surface area contributed by atoms with Gasteiger partial charge in [0.05, 0.1) is 6.61 Å². The molecule has 1 saturated carbocycles. The maximum atomic E-state index is 13.0. The largest absolute Gasteiger partial charge is 0.491 e. The molecule has 1 aliphatic carbocycles. The molecule has 0 heterocycles. The smallest absolute Gasteiger partial charge is 0.256 e. The topological polar surface area (TPSA) is 56.8 Å². The summed E-state index contributed by atoms with van der Waals surface area (Å²) in [4.78, 5) is 13.0. The van der Waals surface area contributed by atoms with Crippen LogP contribution in [0.4, 0.5) is 5.69 Å². The first kappa shape index (κ1) is 19.7. The van der Waals surface area contributed by atoms with E-state index in [-0.39, 0.29) is 5.91 Å². The molecule has 0 aliphatic heterocycles. The fraction of sp³-hybridized carbons (Fsp3) is 0.650. The summed E-state index contributed by atoms with van der Waals surface area (Å²) in [6.07, 6.45) is 6.97. The molecular weight excluding hydrogens is 318 g/mol. The molecule has 1 aliphatic rings. The Morgan fingerprint density at radius 1 is 1.04 bits per heavy atom. The van der Waals surface area contributed by atoms with Gasteiger partial charge < -0.3 is 19.5 Å². The Labute approximate surface area is 151 Å². The standard InChI is InChI=1S/C20H31NO4/c1-3-14-25-20(12-6-4-5-7-13-20)19(22)21-17-8-10-18(11-9-17)24-16-15-23-2/h8-11H,3-7,12-16H2,1-2H3,(H,21,22). The lowest BCUT2D eigenvalue weighted by atomic mass is 9.92. The number of benzene rings is 1. The molecular formula is C20H31NO4. The third kappa shape index (κ3) is 6.01. The number of amides is 1. The molecule has 2 rings (SSSR count). The molecule has 0 spiro atoms. The van der Waals surface area contributed by atoms with Gasteiger partial charge in [0.1, 0.15) is 18.0 Å². The first-order valence-electron chi connectivity index (χ1n) is 9.37. The highest BCUT2D eigenvalue weighted by Gasteiger charge is 2.39. The molecule has 0 atom stereocenters. The zero-order valence-corrected chi connectivity index (χ0v) is 15.5. The van der Waals surface area contributed by atoms with E-state index in [0.29, 0.717) is 19.8 Å². The van der Waals surface area contributed by atoms with E-state index >= 15 is 0 Å². The Balaban J connectivity index is 1.99. The molecule has 140 valence electrons. The normalized spacial score (nSPS) is 16.9. The van der Waals surface area contributed by atoms with Gasteiger partial charge in [0, 0.05) is 19.4 Å². The van der Waals surface area contributed by atoms with E-state index in [0.717, 1.165) is 43.5 Å². The lowest BCUT2D eigenvalue weighted by Crippen LogP contribution is -2.45. The van der Waals surface area contributed by atoms with Crippen LogP contribution < -0.4 is 10.1 Å². The Morgan fingerprint density at radius 2 is 1.72 bits per heavy atom. The van der Waals surface area contributed by atoms with Crippen LogP contribution in [0.3, 0.4) is 0 Å². The Morgan fingerprint density at radius 3 is 2.32 bits per heavy atom. The molecule has 0 bridgehead atoms. The van der Waals surface area contributed by atoms with E-state index in [1.165, 1.54) is 12.8 Å². The SMILES string of the molecule is CCCOC1(C(=O)Nc2ccc(OCCOC)cc2)CCCCCC1. The van der Waals surface area contributed by atoms with Gasteiger partial charge in [-0.1, -0.05) is 32.6 Å². The minimum absolute atomic E-state index is 0.0177. The third-order valence-electron chi connectivity index (χ3n) is 4.58. The molecule has 0 aromatic heterocycles. The second-order valence-electron chi connectivity index (χ2n) is 6.58. The number of rotatable bonds is 9. The molecule has 1 amide bonds. The summed E-state index contributed by atoms with van der Waals surface area (Å²) >= 11 is 0. The van der Waals surface area contributed by atoms with Gasteiger partial charge in [0.25, 0.3) is 5.91 Å². The number of anilines is 1. The van der Waals surface area contributed by atoms with Crippen LogP contribution >= 0.6 is 0 Å². The van der Waals surface area contributed by atoms with Crippen LogP contribution in [0.5, 0.6) is 5.75 Å². The van der Waals surface area contributed by atoms with E-state index < -0.39 is 5.60 Å². The monoisotopic (exact) mass is 349 g/mol. The van der Waals surface area contributed by atoms with Crippen molar-refractivity contribution in [1.29, 1.82) is 0 Å². The Hall–Kier alpha value is -1.59. The predicted octanol–water partition coefficient (Wildman–Crippen LogP) is 4.17. The first-order valence-corrected chi connectivity index (χ1v) is 9.37. The predicted molar refractivity (Wildman–Crippen MR) is 99.1 cm³/mol. The molecule has 0 radical (unpaired) electrons. The minimum atomic E-state index is -0.680. The molecule has 1 aromatic rings. The molecule has 5 heteroatoms. The summed E-state index contributed by atoms with van der Waals surface area (Å²) in [5.41, 5.74) is 0.0907. The maximum absolute atomic E-state index is 13.0. The van der Waals surface area contributed by atoms with Crippen molar-refractivity contribution in [3.8, 4) is 5.75 Å². The lowest BCUT2D eigenvalue weighted by molar-refractivity contribution is -0.143. The highest BCUT2D eigenvalue weighted by molar-refractivity contribution is 5.97. The summed E-state index contributed by atoms with van der Waals surface area (Å²) in [6, 6.07) is 7.45. The number of nitrogens with one attached hydrogen (secondary N) is 1. The molecule has 5 nitrogen and oxygen atoms in total. The van der Waals surface area contributed by atoms with Crippen LogP contribution in [0.1, 0.15) is 51.9 Å². The quantitative estimate of drug-likeness (QED) is 0.537. The first-order chi connectivity index (χ1) is 12.2. The molecule has 1 N–H and O–H groups in total. The molecule has 0 saturated heterocycles. The van der Waals surface area contributed by atoms with Gasteiger partial charge in [0.2, 0.25) is 0 Å². The number of carbonyl (C=O) groups is 1. The van der Waals surface area contributed by atoms with Crippen LogP contribution in [-0.4, -0.2) is 38.4 Å². The second kappa shape index (κ2) is 10.4. The van der Waals surface area contributed by atoms with E-state index in [1.807, 2.05) is 24.3 Å². The van der Waals surface area contributed by atoms with Crippen molar-refractivity contribution in [2.75, 3.05) is 32.2 Å². The highest BCUT2D eigenvalue weighted by atomic mass is 16.5. The van der Waals surface area contributed by atoms with Crippen molar-refractivity contribution in [1.82, 2.24) is 0 Å². The van der Waals surface area contributed by atoms with E-state index in [2.05, 4.69) is 12.2 Å². The summed E-state index contributed by atoms with van der Waals surface area (Å²) in [6.45, 7) is 3.76. The van der Waals surface area contributed by atoms with Gasteiger partial charge in [-0.2, -0.15) is 0 Å². The molecule has 1 fully saturated rings. The molecule has 1 aromatic carbocycles. The van der Waals surface area contributed by atoms with Gasteiger partial charge >= 0.3 is 0 Å². The van der Waals surface area contributed by atoms with Crippen molar-refractivity contribution in [2.24, 2.45) is 0 Å². The third-order valence-corrected chi connectivity index (χ3v) is 4.58. The number of carbonyl (C=O) groups excluding carboxylic acids is 1. The maximum Gasteiger partial charge on any atom is 0.256 e. The van der Waals surface area contributed by atoms with Crippen molar-refractivity contribution in [3.05, 3.63) is 24.3 Å². The average molecular weight is 349 g/mol. The average Bonchev–Trinajstić information content (AvgIpc) is 2.88. The van der Waals surface area contributed by atoms with Crippen LogP contribution in [0.25, 0.3) is 0 Å². The number of hydrogen-bond acceptors (Lipinski definition) is 4. The summed E-state index contributed by atoms with van der Waals surface area (Å²) in [7, 11) is 1.64. The zero-order chi connectivity index (χ0) is 18.0. The Kier molecular flexibility index (Phi) is 8.22. The number of hydrogen-bond donors (Lipinski definition) is 1. The number of ether oxygens (including phenoxy) is 3. The van der Waals surface area contributed by atoms with Crippen molar-refractivity contribution in [2.45, 2.75) is 57.5 Å². The fourth-order valence-corrected chi connectivity index (χ4v) is 3.16. The Bertz CT molecular complexity index is 507. The van der Waals surface area contributed by atoms with Crippen LogP contribution in [0.2, 0.25) is 0 Å². The highest BCUT2D eigenvalue weighted by Crippen LogP contribution is 2.32. The summed E-state index contributed by atoms with van der Waals surface area (Å²) in [5.74, 6) is 0.748. The van der Waals surface area contributed by atoms with Gasteiger partial charge in [0.15, 0.2) is 0 Å². The van der Waals surface area contributed by atoms with E-state index in [9.17, 15) is 4.79 Å².